The van der Waals surface area contributed by atoms with Crippen molar-refractivity contribution in [2.45, 2.75) is 76.2 Å². The second-order valence-electron chi connectivity index (χ2n) is 5.86. The highest BCUT2D eigenvalue weighted by Crippen LogP contribution is 2.50. The van der Waals surface area contributed by atoms with Gasteiger partial charge in [-0.3, -0.25) is 0 Å². The molecule has 0 unspecified atom stereocenters. The average Bonchev–Trinajstić information content (AvgIpc) is 2.37. The van der Waals surface area contributed by atoms with Crippen LogP contribution in [0.2, 0.25) is 23.7 Å². The fourth-order valence-electron chi connectivity index (χ4n) is 3.98. The first kappa shape index (κ1) is 15.7. The van der Waals surface area contributed by atoms with Crippen LogP contribution in [0.5, 0.6) is 0 Å². The smallest absolute Gasteiger partial charge is 0.0893 e. The molecular formula is C16H30OSi. The number of hydrogen-bond acceptors (Lipinski definition) is 1. The molecule has 0 aliphatic heterocycles. The van der Waals surface area contributed by atoms with Gasteiger partial charge in [0, 0.05) is 0 Å². The quantitative estimate of drug-likeness (QED) is 0.535. The molecule has 1 N–H and O–H groups in total. The first-order valence-electron chi connectivity index (χ1n) is 7.51. The highest BCUT2D eigenvalue weighted by atomic mass is 28.3. The summed E-state index contributed by atoms with van der Waals surface area (Å²) in [5.41, 5.74) is 1.09. The Kier molecular flexibility index (Phi) is 5.41. The summed E-state index contributed by atoms with van der Waals surface area (Å²) < 4.78 is 0. The van der Waals surface area contributed by atoms with E-state index in [2.05, 4.69) is 40.3 Å². The normalized spacial score (nSPS) is 28.9. The van der Waals surface area contributed by atoms with Crippen molar-refractivity contribution < 1.29 is 5.11 Å². The standard InChI is InChI=1S/C16H30OSi/c1-6-13-16(17)14(5)11-10-12-15(16)18(7-2,8-3)9-4/h6,11,15,17H,1,7-10,12-13H2,2-5H3/t15-,16+/m0/s1. The van der Waals surface area contributed by atoms with Crippen molar-refractivity contribution in [2.24, 2.45) is 0 Å². The van der Waals surface area contributed by atoms with Gasteiger partial charge in [0.25, 0.3) is 0 Å². The van der Waals surface area contributed by atoms with Gasteiger partial charge in [-0.15, -0.1) is 6.58 Å². The highest BCUT2D eigenvalue weighted by Gasteiger charge is 2.49. The molecule has 0 amide bonds. The molecule has 104 valence electrons. The average molecular weight is 267 g/mol. The van der Waals surface area contributed by atoms with E-state index in [1.807, 2.05) is 6.08 Å². The molecule has 0 spiro atoms. The summed E-state index contributed by atoms with van der Waals surface area (Å²) in [7, 11) is -1.37. The Bertz CT molecular complexity index is 309. The van der Waals surface area contributed by atoms with E-state index >= 15 is 0 Å². The van der Waals surface area contributed by atoms with Crippen molar-refractivity contribution in [2.75, 3.05) is 0 Å². The Morgan fingerprint density at radius 1 is 1.39 bits per heavy atom. The zero-order valence-corrected chi connectivity index (χ0v) is 13.6. The van der Waals surface area contributed by atoms with E-state index in [1.54, 1.807) is 0 Å². The number of hydrogen-bond donors (Lipinski definition) is 1. The molecule has 0 heterocycles. The van der Waals surface area contributed by atoms with Crippen molar-refractivity contribution >= 4 is 8.07 Å². The van der Waals surface area contributed by atoms with Crippen molar-refractivity contribution in [3.63, 3.8) is 0 Å². The summed E-state index contributed by atoms with van der Waals surface area (Å²) >= 11 is 0. The van der Waals surface area contributed by atoms with Crippen molar-refractivity contribution in [1.82, 2.24) is 0 Å². The number of rotatable bonds is 6. The monoisotopic (exact) mass is 266 g/mol. The van der Waals surface area contributed by atoms with Crippen molar-refractivity contribution in [1.29, 1.82) is 0 Å². The van der Waals surface area contributed by atoms with Crippen LogP contribution in [-0.2, 0) is 0 Å². The lowest BCUT2D eigenvalue weighted by Gasteiger charge is -2.49. The van der Waals surface area contributed by atoms with Crippen LogP contribution in [-0.4, -0.2) is 18.8 Å². The predicted molar refractivity (Wildman–Crippen MR) is 83.7 cm³/mol. The first-order chi connectivity index (χ1) is 8.50. The summed E-state index contributed by atoms with van der Waals surface area (Å²) in [6, 6.07) is 3.87. The SMILES string of the molecule is C=CC[C@@]1(O)C(C)=CCC[C@@H]1[Si](CC)(CC)CC. The maximum absolute atomic E-state index is 11.2. The third-order valence-electron chi connectivity index (χ3n) is 5.47. The maximum atomic E-state index is 11.2. The summed E-state index contributed by atoms with van der Waals surface area (Å²) in [6.45, 7) is 13.0. The molecule has 2 atom stereocenters. The lowest BCUT2D eigenvalue weighted by Crippen LogP contribution is -2.52. The molecule has 18 heavy (non-hydrogen) atoms. The van der Waals surface area contributed by atoms with Gasteiger partial charge in [0.2, 0.25) is 0 Å². The molecule has 0 aromatic carbocycles. The Hall–Kier alpha value is -0.343. The fraction of sp³-hybridized carbons (Fsp3) is 0.750. The van der Waals surface area contributed by atoms with Crippen molar-refractivity contribution in [3.8, 4) is 0 Å². The van der Waals surface area contributed by atoms with Gasteiger partial charge in [0.05, 0.1) is 13.7 Å². The molecule has 1 rings (SSSR count). The molecule has 1 aliphatic rings. The third-order valence-corrected chi connectivity index (χ3v) is 11.9. The predicted octanol–water partition coefficient (Wildman–Crippen LogP) is 4.91. The van der Waals surface area contributed by atoms with E-state index in [1.165, 1.54) is 30.1 Å². The first-order valence-corrected chi connectivity index (χ1v) is 10.2. The van der Waals surface area contributed by atoms with Gasteiger partial charge in [0.1, 0.15) is 0 Å². The molecule has 0 saturated carbocycles. The van der Waals surface area contributed by atoms with Gasteiger partial charge in [-0.25, -0.2) is 0 Å². The highest BCUT2D eigenvalue weighted by molar-refractivity contribution is 6.81. The molecule has 0 bridgehead atoms. The number of allylic oxidation sites excluding steroid dienone is 1. The van der Waals surface area contributed by atoms with Gasteiger partial charge < -0.3 is 5.11 Å². The zero-order chi connectivity index (χ0) is 13.8. The summed E-state index contributed by atoms with van der Waals surface area (Å²) in [5, 5.41) is 11.2. The maximum Gasteiger partial charge on any atom is 0.0893 e. The summed E-state index contributed by atoms with van der Waals surface area (Å²) in [6.07, 6.45) is 7.17. The van der Waals surface area contributed by atoms with Crippen LogP contribution in [0.15, 0.2) is 24.3 Å². The van der Waals surface area contributed by atoms with E-state index in [-0.39, 0.29) is 0 Å². The van der Waals surface area contributed by atoms with Crippen LogP contribution in [0, 0.1) is 0 Å². The van der Waals surface area contributed by atoms with Crippen LogP contribution in [0.3, 0.4) is 0 Å². The summed E-state index contributed by atoms with van der Waals surface area (Å²) in [5.74, 6) is 0. The minimum atomic E-state index is -1.37. The molecule has 1 aliphatic carbocycles. The minimum absolute atomic E-state index is 0.507. The molecule has 0 radical (unpaired) electrons. The fourth-order valence-corrected chi connectivity index (χ4v) is 9.10. The van der Waals surface area contributed by atoms with Crippen LogP contribution in [0.25, 0.3) is 0 Å². The Morgan fingerprint density at radius 2 is 1.94 bits per heavy atom. The van der Waals surface area contributed by atoms with Gasteiger partial charge in [-0.05, 0) is 37.3 Å². The van der Waals surface area contributed by atoms with Crippen molar-refractivity contribution in [3.05, 3.63) is 24.3 Å². The largest absolute Gasteiger partial charge is 0.385 e. The van der Waals surface area contributed by atoms with Crippen LogP contribution in [0.1, 0.15) is 47.0 Å². The van der Waals surface area contributed by atoms with Gasteiger partial charge >= 0.3 is 0 Å². The summed E-state index contributed by atoms with van der Waals surface area (Å²) in [4.78, 5) is 0. The molecule has 0 aromatic rings. The van der Waals surface area contributed by atoms with Crippen LogP contribution < -0.4 is 0 Å². The zero-order valence-electron chi connectivity index (χ0n) is 12.6. The van der Waals surface area contributed by atoms with E-state index in [4.69, 9.17) is 0 Å². The Balaban J connectivity index is 3.19. The second kappa shape index (κ2) is 6.20. The third kappa shape index (κ3) is 2.50. The minimum Gasteiger partial charge on any atom is -0.385 e. The molecule has 0 aromatic heterocycles. The molecular weight excluding hydrogens is 236 g/mol. The van der Waals surface area contributed by atoms with Gasteiger partial charge in [-0.2, -0.15) is 0 Å². The van der Waals surface area contributed by atoms with Gasteiger partial charge in [0.15, 0.2) is 0 Å². The van der Waals surface area contributed by atoms with E-state index in [0.717, 1.165) is 12.8 Å². The second-order valence-corrected chi connectivity index (χ2v) is 11.4. The van der Waals surface area contributed by atoms with E-state index in [0.29, 0.717) is 5.54 Å². The van der Waals surface area contributed by atoms with Crippen LogP contribution >= 0.6 is 0 Å². The van der Waals surface area contributed by atoms with E-state index < -0.39 is 13.7 Å². The molecule has 2 heteroatoms. The molecule has 0 saturated heterocycles. The molecule has 1 nitrogen and oxygen atoms in total. The topological polar surface area (TPSA) is 20.2 Å². The van der Waals surface area contributed by atoms with E-state index in [9.17, 15) is 5.11 Å². The Labute approximate surface area is 114 Å². The lowest BCUT2D eigenvalue weighted by molar-refractivity contribution is 0.0616. The Morgan fingerprint density at radius 3 is 2.39 bits per heavy atom. The number of aliphatic hydroxyl groups is 1. The van der Waals surface area contributed by atoms with Gasteiger partial charge in [-0.1, -0.05) is 51.1 Å². The lowest BCUT2D eigenvalue weighted by atomic mass is 9.81. The van der Waals surface area contributed by atoms with Crippen LogP contribution in [0.4, 0.5) is 0 Å². The molecule has 0 fully saturated rings.